The lowest BCUT2D eigenvalue weighted by Crippen LogP contribution is -2.30. The van der Waals surface area contributed by atoms with Gasteiger partial charge in [-0.1, -0.05) is 6.07 Å². The zero-order valence-electron chi connectivity index (χ0n) is 14.0. The van der Waals surface area contributed by atoms with Gasteiger partial charge in [0.15, 0.2) is 15.9 Å². The first-order chi connectivity index (χ1) is 11.7. The van der Waals surface area contributed by atoms with E-state index in [1.54, 1.807) is 13.0 Å². The van der Waals surface area contributed by atoms with Crippen LogP contribution in [0.4, 0.5) is 10.1 Å². The molecule has 1 aromatic carbocycles. The van der Waals surface area contributed by atoms with E-state index in [2.05, 4.69) is 5.32 Å². The van der Waals surface area contributed by atoms with Crippen molar-refractivity contribution < 1.29 is 27.1 Å². The van der Waals surface area contributed by atoms with E-state index in [1.165, 1.54) is 30.8 Å². The number of nitrogens with one attached hydrogen (secondary N) is 1. The highest BCUT2D eigenvalue weighted by atomic mass is 32.2. The van der Waals surface area contributed by atoms with Crippen molar-refractivity contribution in [1.82, 2.24) is 0 Å². The fourth-order valence-corrected chi connectivity index (χ4v) is 5.70. The summed E-state index contributed by atoms with van der Waals surface area (Å²) in [7, 11) is -2.99. The van der Waals surface area contributed by atoms with Crippen molar-refractivity contribution in [2.75, 3.05) is 22.6 Å². The average Bonchev–Trinajstić information content (AvgIpc) is 2.88. The Hall–Kier alpha value is -1.61. The maximum atomic E-state index is 13.5. The molecule has 1 fully saturated rings. The Morgan fingerprint density at radius 1 is 1.44 bits per heavy atom. The molecule has 1 heterocycles. The Kier molecular flexibility index (Phi) is 6.45. The van der Waals surface area contributed by atoms with Gasteiger partial charge in [-0.2, -0.15) is 0 Å². The van der Waals surface area contributed by atoms with Crippen LogP contribution in [0.25, 0.3) is 0 Å². The summed E-state index contributed by atoms with van der Waals surface area (Å²) in [5, 5.41) is 2.37. The fourth-order valence-electron chi connectivity index (χ4n) is 2.28. The number of aryl methyl sites for hydroxylation is 1. The number of halogens is 1. The fraction of sp³-hybridized carbons (Fsp3) is 0.500. The summed E-state index contributed by atoms with van der Waals surface area (Å²) in [4.78, 5) is 23.8. The van der Waals surface area contributed by atoms with E-state index < -0.39 is 33.6 Å². The number of benzene rings is 1. The van der Waals surface area contributed by atoms with Crippen molar-refractivity contribution in [1.29, 1.82) is 0 Å². The molecule has 0 aliphatic carbocycles. The Bertz CT molecular complexity index is 766. The molecule has 1 N–H and O–H groups in total. The molecule has 2 atom stereocenters. The molecular weight excluding hydrogens is 369 g/mol. The van der Waals surface area contributed by atoms with Gasteiger partial charge in [-0.15, -0.1) is 11.8 Å². The Balaban J connectivity index is 1.78. The van der Waals surface area contributed by atoms with E-state index in [1.807, 2.05) is 0 Å². The van der Waals surface area contributed by atoms with Gasteiger partial charge >= 0.3 is 5.97 Å². The first-order valence-electron chi connectivity index (χ1n) is 7.75. The minimum atomic E-state index is -2.99. The van der Waals surface area contributed by atoms with E-state index >= 15 is 0 Å². The maximum Gasteiger partial charge on any atom is 0.316 e. The molecule has 0 spiro atoms. The Morgan fingerprint density at radius 3 is 2.76 bits per heavy atom. The SMILES string of the molecule is Cc1ccc(NC(=O)[C@@H](C)OC(=O)CS[C@H]2CCS(=O)(=O)C2)cc1F. The number of hydrogen-bond acceptors (Lipinski definition) is 6. The van der Waals surface area contributed by atoms with Crippen molar-refractivity contribution in [2.24, 2.45) is 0 Å². The third kappa shape index (κ3) is 6.00. The molecule has 1 aliphatic rings. The van der Waals surface area contributed by atoms with E-state index in [0.29, 0.717) is 12.0 Å². The van der Waals surface area contributed by atoms with Crippen LogP contribution in [0.5, 0.6) is 0 Å². The number of amides is 1. The molecular formula is C16H20FNO5S2. The minimum Gasteiger partial charge on any atom is -0.452 e. The van der Waals surface area contributed by atoms with Crippen molar-refractivity contribution in [3.05, 3.63) is 29.6 Å². The van der Waals surface area contributed by atoms with Gasteiger partial charge in [0.1, 0.15) is 5.82 Å². The van der Waals surface area contributed by atoms with Crippen LogP contribution in [0, 0.1) is 12.7 Å². The van der Waals surface area contributed by atoms with E-state index in [9.17, 15) is 22.4 Å². The van der Waals surface area contributed by atoms with Crippen molar-refractivity contribution >= 4 is 39.2 Å². The number of rotatable bonds is 6. The number of carbonyl (C=O) groups is 2. The average molecular weight is 389 g/mol. The van der Waals surface area contributed by atoms with Crippen LogP contribution in [-0.2, 0) is 24.2 Å². The number of hydrogen-bond donors (Lipinski definition) is 1. The normalized spacial score (nSPS) is 20.0. The number of thioether (sulfide) groups is 1. The second kappa shape index (κ2) is 8.18. The number of esters is 1. The molecule has 0 unspecified atom stereocenters. The molecule has 0 bridgehead atoms. The third-order valence-corrected chi connectivity index (χ3v) is 7.00. The molecule has 25 heavy (non-hydrogen) atoms. The van der Waals surface area contributed by atoms with Crippen LogP contribution >= 0.6 is 11.8 Å². The van der Waals surface area contributed by atoms with Crippen molar-refractivity contribution in [3.8, 4) is 0 Å². The zero-order chi connectivity index (χ0) is 18.6. The van der Waals surface area contributed by atoms with Gasteiger partial charge in [0, 0.05) is 10.9 Å². The molecule has 2 rings (SSSR count). The Morgan fingerprint density at radius 2 is 2.16 bits per heavy atom. The lowest BCUT2D eigenvalue weighted by molar-refractivity contribution is -0.150. The van der Waals surface area contributed by atoms with Crippen molar-refractivity contribution in [2.45, 2.75) is 31.6 Å². The second-order valence-corrected chi connectivity index (χ2v) is 9.44. The lowest BCUT2D eigenvalue weighted by atomic mass is 10.2. The highest BCUT2D eigenvalue weighted by Crippen LogP contribution is 2.24. The number of carbonyl (C=O) groups excluding carboxylic acids is 2. The van der Waals surface area contributed by atoms with Crippen LogP contribution in [0.1, 0.15) is 18.9 Å². The molecule has 0 saturated carbocycles. The highest BCUT2D eigenvalue weighted by Gasteiger charge is 2.29. The van der Waals surface area contributed by atoms with Crippen molar-refractivity contribution in [3.63, 3.8) is 0 Å². The number of anilines is 1. The van der Waals surface area contributed by atoms with Gasteiger partial charge in [-0.05, 0) is 38.0 Å². The van der Waals surface area contributed by atoms with Crippen LogP contribution in [-0.4, -0.2) is 48.9 Å². The molecule has 138 valence electrons. The molecule has 0 radical (unpaired) electrons. The third-order valence-electron chi connectivity index (χ3n) is 3.74. The van der Waals surface area contributed by atoms with Gasteiger partial charge < -0.3 is 10.1 Å². The summed E-state index contributed by atoms with van der Waals surface area (Å²) >= 11 is 1.22. The lowest BCUT2D eigenvalue weighted by Gasteiger charge is -2.14. The van der Waals surface area contributed by atoms with E-state index in [4.69, 9.17) is 4.74 Å². The summed E-state index contributed by atoms with van der Waals surface area (Å²) in [6.07, 6.45) is -0.514. The summed E-state index contributed by atoms with van der Waals surface area (Å²) in [6.45, 7) is 3.03. The van der Waals surface area contributed by atoms with Crippen LogP contribution < -0.4 is 5.32 Å². The standard InChI is InChI=1S/C16H20FNO5S2/c1-10-3-4-12(7-14(10)17)18-16(20)11(2)23-15(19)8-24-13-5-6-25(21,22)9-13/h3-4,7,11,13H,5-6,8-9H2,1-2H3,(H,18,20)/t11-,13+/m1/s1. The molecule has 9 heteroatoms. The monoisotopic (exact) mass is 389 g/mol. The Labute approximate surface area is 150 Å². The van der Waals surface area contributed by atoms with Gasteiger partial charge in [0.25, 0.3) is 5.91 Å². The summed E-state index contributed by atoms with van der Waals surface area (Å²) < 4.78 is 41.2. The van der Waals surface area contributed by atoms with E-state index in [0.717, 1.165) is 0 Å². The molecule has 1 saturated heterocycles. The van der Waals surface area contributed by atoms with E-state index in [-0.39, 0.29) is 28.2 Å². The predicted molar refractivity (Wildman–Crippen MR) is 94.8 cm³/mol. The van der Waals surface area contributed by atoms with Gasteiger partial charge in [-0.25, -0.2) is 12.8 Å². The topological polar surface area (TPSA) is 89.5 Å². The molecule has 1 aromatic rings. The smallest absolute Gasteiger partial charge is 0.316 e. The van der Waals surface area contributed by atoms with Gasteiger partial charge in [-0.3, -0.25) is 9.59 Å². The maximum absolute atomic E-state index is 13.5. The zero-order valence-corrected chi connectivity index (χ0v) is 15.6. The molecule has 1 aliphatic heterocycles. The van der Waals surface area contributed by atoms with Gasteiger partial charge in [0.2, 0.25) is 0 Å². The van der Waals surface area contributed by atoms with Crippen LogP contribution in [0.2, 0.25) is 0 Å². The number of ether oxygens (including phenoxy) is 1. The molecule has 6 nitrogen and oxygen atoms in total. The number of sulfone groups is 1. The quantitative estimate of drug-likeness (QED) is 0.748. The molecule has 0 aromatic heterocycles. The van der Waals surface area contributed by atoms with Crippen LogP contribution in [0.15, 0.2) is 18.2 Å². The van der Waals surface area contributed by atoms with Gasteiger partial charge in [0.05, 0.1) is 17.3 Å². The summed E-state index contributed by atoms with van der Waals surface area (Å²) in [5.74, 6) is -1.40. The summed E-state index contributed by atoms with van der Waals surface area (Å²) in [5.41, 5.74) is 0.741. The predicted octanol–water partition coefficient (Wildman–Crippen LogP) is 1.92. The highest BCUT2D eigenvalue weighted by molar-refractivity contribution is 8.02. The largest absolute Gasteiger partial charge is 0.452 e. The minimum absolute atomic E-state index is 0.0169. The molecule has 1 amide bonds. The summed E-state index contributed by atoms with van der Waals surface area (Å²) in [6, 6.07) is 4.29. The first kappa shape index (κ1) is 19.7. The van der Waals surface area contributed by atoms with Crippen LogP contribution in [0.3, 0.4) is 0 Å². The first-order valence-corrected chi connectivity index (χ1v) is 10.6. The second-order valence-electron chi connectivity index (χ2n) is 5.92.